The zero-order valence-electron chi connectivity index (χ0n) is 11.8. The highest BCUT2D eigenvalue weighted by Crippen LogP contribution is 2.32. The van der Waals surface area contributed by atoms with Gasteiger partial charge in [0.15, 0.2) is 0 Å². The molecule has 2 aromatic heterocycles. The third kappa shape index (κ3) is 1.81. The Morgan fingerprint density at radius 1 is 1.05 bits per heavy atom. The molecule has 0 radical (unpaired) electrons. The zero-order chi connectivity index (χ0) is 15.1. The molecule has 0 bridgehead atoms. The average molecular weight is 290 g/mol. The van der Waals surface area contributed by atoms with Gasteiger partial charge in [0.05, 0.1) is 24.6 Å². The van der Waals surface area contributed by atoms with Crippen molar-refractivity contribution < 1.29 is 9.21 Å². The Hall–Kier alpha value is -3.01. The lowest BCUT2D eigenvalue weighted by Gasteiger charge is -2.06. The van der Waals surface area contributed by atoms with Crippen LogP contribution in [0.25, 0.3) is 21.8 Å². The standard InChI is InChI=1S/C18H14N2O2/c19-18(21)14-5-3-7-16-17(14)13-4-1-2-6-15(13)20(16)10-12-8-9-22-11-12/h1-9,11H,10H2,(H2,19,21). The third-order valence-corrected chi connectivity index (χ3v) is 3.98. The molecule has 4 aromatic rings. The number of aromatic nitrogens is 1. The second-order valence-corrected chi connectivity index (χ2v) is 5.30. The predicted octanol–water partition coefficient (Wildman–Crippen LogP) is 3.53. The molecule has 2 heterocycles. The van der Waals surface area contributed by atoms with Crippen molar-refractivity contribution in [2.24, 2.45) is 5.73 Å². The maximum atomic E-state index is 11.8. The van der Waals surface area contributed by atoms with E-state index in [0.717, 1.165) is 27.4 Å². The molecule has 4 rings (SSSR count). The summed E-state index contributed by atoms with van der Waals surface area (Å²) in [5.41, 5.74) is 9.26. The summed E-state index contributed by atoms with van der Waals surface area (Å²) in [6, 6.07) is 15.7. The number of carbonyl (C=O) groups excluding carboxylic acids is 1. The van der Waals surface area contributed by atoms with Gasteiger partial charge >= 0.3 is 0 Å². The minimum atomic E-state index is -0.406. The summed E-state index contributed by atoms with van der Waals surface area (Å²) in [6.07, 6.45) is 3.40. The first-order valence-corrected chi connectivity index (χ1v) is 7.06. The second kappa shape index (κ2) is 4.77. The minimum Gasteiger partial charge on any atom is -0.472 e. The van der Waals surface area contributed by atoms with Crippen LogP contribution >= 0.6 is 0 Å². The van der Waals surface area contributed by atoms with E-state index < -0.39 is 5.91 Å². The van der Waals surface area contributed by atoms with E-state index in [2.05, 4.69) is 10.6 Å². The SMILES string of the molecule is NC(=O)c1cccc2c1c1ccccc1n2Cc1ccoc1. The monoisotopic (exact) mass is 290 g/mol. The molecule has 0 spiro atoms. The van der Waals surface area contributed by atoms with Crippen LogP contribution in [0.5, 0.6) is 0 Å². The van der Waals surface area contributed by atoms with Gasteiger partial charge in [0, 0.05) is 27.4 Å². The first-order chi connectivity index (χ1) is 10.8. The van der Waals surface area contributed by atoms with E-state index in [1.165, 1.54) is 0 Å². The van der Waals surface area contributed by atoms with E-state index in [1.807, 2.05) is 36.4 Å². The Morgan fingerprint density at radius 2 is 1.86 bits per heavy atom. The summed E-state index contributed by atoms with van der Waals surface area (Å²) < 4.78 is 7.34. The number of amides is 1. The molecule has 0 fully saturated rings. The van der Waals surface area contributed by atoms with E-state index in [1.54, 1.807) is 18.6 Å². The minimum absolute atomic E-state index is 0.406. The first-order valence-electron chi connectivity index (χ1n) is 7.06. The molecular weight excluding hydrogens is 276 g/mol. The van der Waals surface area contributed by atoms with Gasteiger partial charge in [-0.2, -0.15) is 0 Å². The van der Waals surface area contributed by atoms with Crippen molar-refractivity contribution in [2.75, 3.05) is 0 Å². The summed E-state index contributed by atoms with van der Waals surface area (Å²) in [5.74, 6) is -0.406. The largest absolute Gasteiger partial charge is 0.472 e. The molecule has 108 valence electrons. The summed E-state index contributed by atoms with van der Waals surface area (Å²) >= 11 is 0. The van der Waals surface area contributed by atoms with E-state index in [0.29, 0.717) is 12.1 Å². The van der Waals surface area contributed by atoms with Crippen LogP contribution in [0, 0.1) is 0 Å². The van der Waals surface area contributed by atoms with Crippen molar-refractivity contribution in [1.82, 2.24) is 4.57 Å². The zero-order valence-corrected chi connectivity index (χ0v) is 11.8. The van der Waals surface area contributed by atoms with Gasteiger partial charge in [-0.25, -0.2) is 0 Å². The van der Waals surface area contributed by atoms with E-state index in [-0.39, 0.29) is 0 Å². The quantitative estimate of drug-likeness (QED) is 0.627. The molecule has 4 nitrogen and oxygen atoms in total. The number of nitrogens with zero attached hydrogens (tertiary/aromatic N) is 1. The molecule has 2 aromatic carbocycles. The van der Waals surface area contributed by atoms with E-state index in [4.69, 9.17) is 10.2 Å². The number of hydrogen-bond acceptors (Lipinski definition) is 2. The summed E-state index contributed by atoms with van der Waals surface area (Å²) in [7, 11) is 0. The topological polar surface area (TPSA) is 61.2 Å². The maximum absolute atomic E-state index is 11.8. The molecule has 2 N–H and O–H groups in total. The molecule has 0 saturated heterocycles. The normalized spacial score (nSPS) is 11.3. The Morgan fingerprint density at radius 3 is 2.64 bits per heavy atom. The number of nitrogens with two attached hydrogens (primary N) is 1. The van der Waals surface area contributed by atoms with Crippen LogP contribution in [-0.4, -0.2) is 10.5 Å². The van der Waals surface area contributed by atoms with Crippen molar-refractivity contribution in [2.45, 2.75) is 6.54 Å². The van der Waals surface area contributed by atoms with Gasteiger partial charge < -0.3 is 14.7 Å². The Kier molecular flexibility index (Phi) is 2.76. The van der Waals surface area contributed by atoms with Crippen LogP contribution in [0.15, 0.2) is 65.5 Å². The van der Waals surface area contributed by atoms with Crippen LogP contribution < -0.4 is 5.73 Å². The Balaban J connectivity index is 2.09. The number of rotatable bonds is 3. The van der Waals surface area contributed by atoms with Gasteiger partial charge in [-0.15, -0.1) is 0 Å². The lowest BCUT2D eigenvalue weighted by atomic mass is 10.1. The fraction of sp³-hybridized carbons (Fsp3) is 0.0556. The Bertz CT molecular complexity index is 981. The number of fused-ring (bicyclic) bond motifs is 3. The molecule has 0 aliphatic carbocycles. The van der Waals surface area contributed by atoms with E-state index in [9.17, 15) is 4.79 Å². The van der Waals surface area contributed by atoms with Crippen LogP contribution in [0.1, 0.15) is 15.9 Å². The lowest BCUT2D eigenvalue weighted by Crippen LogP contribution is -2.11. The highest BCUT2D eigenvalue weighted by atomic mass is 16.3. The van der Waals surface area contributed by atoms with Gasteiger partial charge in [-0.3, -0.25) is 4.79 Å². The van der Waals surface area contributed by atoms with Crippen LogP contribution in [0.4, 0.5) is 0 Å². The molecule has 0 atom stereocenters. The molecular formula is C18H14N2O2. The molecule has 0 aliphatic heterocycles. The molecule has 1 amide bonds. The van der Waals surface area contributed by atoms with Crippen molar-refractivity contribution in [1.29, 1.82) is 0 Å². The van der Waals surface area contributed by atoms with Gasteiger partial charge in [-0.05, 0) is 24.3 Å². The Labute approximate surface area is 126 Å². The van der Waals surface area contributed by atoms with Gasteiger partial charge in [0.2, 0.25) is 5.91 Å². The lowest BCUT2D eigenvalue weighted by molar-refractivity contribution is 0.100. The average Bonchev–Trinajstić information content (AvgIpc) is 3.15. The summed E-state index contributed by atoms with van der Waals surface area (Å²) in [5, 5.41) is 1.95. The molecule has 0 saturated carbocycles. The molecule has 4 heteroatoms. The highest BCUT2D eigenvalue weighted by molar-refractivity contribution is 6.17. The molecule has 0 aliphatic rings. The van der Waals surface area contributed by atoms with E-state index >= 15 is 0 Å². The van der Waals surface area contributed by atoms with Crippen molar-refractivity contribution in [3.8, 4) is 0 Å². The fourth-order valence-electron chi connectivity index (χ4n) is 3.04. The summed E-state index contributed by atoms with van der Waals surface area (Å²) in [6.45, 7) is 0.683. The van der Waals surface area contributed by atoms with Crippen molar-refractivity contribution in [3.05, 3.63) is 72.2 Å². The maximum Gasteiger partial charge on any atom is 0.249 e. The second-order valence-electron chi connectivity index (χ2n) is 5.30. The molecule has 22 heavy (non-hydrogen) atoms. The van der Waals surface area contributed by atoms with Crippen LogP contribution in [0.3, 0.4) is 0 Å². The number of benzene rings is 2. The highest BCUT2D eigenvalue weighted by Gasteiger charge is 2.16. The number of hydrogen-bond donors (Lipinski definition) is 1. The molecule has 0 unspecified atom stereocenters. The summed E-state index contributed by atoms with van der Waals surface area (Å²) in [4.78, 5) is 11.8. The predicted molar refractivity (Wildman–Crippen MR) is 85.8 cm³/mol. The van der Waals surface area contributed by atoms with Crippen molar-refractivity contribution in [3.63, 3.8) is 0 Å². The number of carbonyl (C=O) groups is 1. The number of primary amides is 1. The fourth-order valence-corrected chi connectivity index (χ4v) is 3.04. The van der Waals surface area contributed by atoms with Crippen molar-refractivity contribution >= 4 is 27.7 Å². The smallest absolute Gasteiger partial charge is 0.249 e. The number of furan rings is 1. The van der Waals surface area contributed by atoms with Crippen LogP contribution in [0.2, 0.25) is 0 Å². The first kappa shape index (κ1) is 12.7. The van der Waals surface area contributed by atoms with Gasteiger partial charge in [-0.1, -0.05) is 24.3 Å². The van der Waals surface area contributed by atoms with Crippen LogP contribution in [-0.2, 0) is 6.54 Å². The van der Waals surface area contributed by atoms with Gasteiger partial charge in [0.1, 0.15) is 0 Å². The third-order valence-electron chi connectivity index (χ3n) is 3.98. The number of para-hydroxylation sites is 1. The van der Waals surface area contributed by atoms with Gasteiger partial charge in [0.25, 0.3) is 0 Å².